The Bertz CT molecular complexity index is 284. The average molecular weight is 169 g/mol. The van der Waals surface area contributed by atoms with Crippen LogP contribution in [0.1, 0.15) is 5.56 Å². The van der Waals surface area contributed by atoms with Crippen LogP contribution in [0, 0.1) is 0 Å². The first-order valence-corrected chi connectivity index (χ1v) is 3.23. The number of nitrogens with zero attached hydrogens (tertiary/aromatic N) is 2. The minimum absolute atomic E-state index is 0.215. The van der Waals surface area contributed by atoms with Gasteiger partial charge < -0.3 is 0 Å². The standard InChI is InChI=1S/C7H5ClN2O/c1-5(7(8)11)6-2-9-4-10-3-6/h2-4H,1H2. The number of hydrogen-bond acceptors (Lipinski definition) is 3. The first-order chi connectivity index (χ1) is 5.22. The van der Waals surface area contributed by atoms with Crippen LogP contribution in [0.2, 0.25) is 0 Å². The molecule has 0 aromatic carbocycles. The lowest BCUT2D eigenvalue weighted by Gasteiger charge is -1.95. The zero-order chi connectivity index (χ0) is 8.27. The van der Waals surface area contributed by atoms with Gasteiger partial charge in [-0.05, 0) is 11.6 Å². The molecule has 0 aliphatic rings. The van der Waals surface area contributed by atoms with Crippen LogP contribution >= 0.6 is 11.6 Å². The van der Waals surface area contributed by atoms with Gasteiger partial charge in [-0.25, -0.2) is 9.97 Å². The molecule has 0 bridgehead atoms. The van der Waals surface area contributed by atoms with E-state index >= 15 is 0 Å². The Morgan fingerprint density at radius 2 is 2.00 bits per heavy atom. The second kappa shape index (κ2) is 3.25. The highest BCUT2D eigenvalue weighted by atomic mass is 35.5. The molecular formula is C7H5ClN2O. The Hall–Kier alpha value is -1.22. The number of rotatable bonds is 2. The topological polar surface area (TPSA) is 42.9 Å². The second-order valence-corrected chi connectivity index (χ2v) is 2.22. The smallest absolute Gasteiger partial charge is 0.252 e. The first kappa shape index (κ1) is 7.88. The van der Waals surface area contributed by atoms with Crippen LogP contribution in [-0.4, -0.2) is 15.2 Å². The van der Waals surface area contributed by atoms with Gasteiger partial charge in [0.05, 0.1) is 0 Å². The molecule has 1 rings (SSSR count). The minimum atomic E-state index is -0.584. The summed E-state index contributed by atoms with van der Waals surface area (Å²) >= 11 is 5.17. The van der Waals surface area contributed by atoms with Gasteiger partial charge in [0.15, 0.2) is 0 Å². The number of aromatic nitrogens is 2. The van der Waals surface area contributed by atoms with Gasteiger partial charge in [0.25, 0.3) is 5.24 Å². The average Bonchev–Trinajstić information content (AvgIpc) is 2.05. The summed E-state index contributed by atoms with van der Waals surface area (Å²) in [6.45, 7) is 3.46. The molecule has 0 fully saturated rings. The van der Waals surface area contributed by atoms with E-state index in [1.807, 2.05) is 0 Å². The molecule has 0 amide bonds. The summed E-state index contributed by atoms with van der Waals surface area (Å²) in [4.78, 5) is 18.0. The maximum Gasteiger partial charge on any atom is 0.252 e. The Morgan fingerprint density at radius 1 is 1.45 bits per heavy atom. The predicted molar refractivity (Wildman–Crippen MR) is 41.9 cm³/mol. The van der Waals surface area contributed by atoms with E-state index in [-0.39, 0.29) is 5.57 Å². The fourth-order valence-electron chi connectivity index (χ4n) is 0.568. The zero-order valence-electron chi connectivity index (χ0n) is 5.62. The monoisotopic (exact) mass is 168 g/mol. The van der Waals surface area contributed by atoms with Crippen molar-refractivity contribution in [2.45, 2.75) is 0 Å². The van der Waals surface area contributed by atoms with Gasteiger partial charge in [-0.2, -0.15) is 0 Å². The van der Waals surface area contributed by atoms with Gasteiger partial charge in [-0.3, -0.25) is 4.79 Å². The van der Waals surface area contributed by atoms with Crippen LogP contribution in [0.4, 0.5) is 0 Å². The van der Waals surface area contributed by atoms with Gasteiger partial charge in [0.1, 0.15) is 6.33 Å². The highest BCUT2D eigenvalue weighted by Crippen LogP contribution is 2.11. The molecule has 0 saturated heterocycles. The SMILES string of the molecule is C=C(C(=O)Cl)c1cncnc1. The van der Waals surface area contributed by atoms with Gasteiger partial charge in [-0.1, -0.05) is 6.58 Å². The summed E-state index contributed by atoms with van der Waals surface area (Å²) < 4.78 is 0. The summed E-state index contributed by atoms with van der Waals surface area (Å²) in [7, 11) is 0. The molecule has 56 valence electrons. The summed E-state index contributed by atoms with van der Waals surface area (Å²) in [6, 6.07) is 0. The number of hydrogen-bond donors (Lipinski definition) is 0. The molecule has 1 aromatic heterocycles. The van der Waals surface area contributed by atoms with Crippen LogP contribution in [0.5, 0.6) is 0 Å². The van der Waals surface area contributed by atoms with Crippen molar-refractivity contribution in [3.05, 3.63) is 30.9 Å². The van der Waals surface area contributed by atoms with E-state index in [1.54, 1.807) is 0 Å². The van der Waals surface area contributed by atoms with Crippen LogP contribution in [-0.2, 0) is 4.79 Å². The fraction of sp³-hybridized carbons (Fsp3) is 0. The molecule has 0 aliphatic heterocycles. The van der Waals surface area contributed by atoms with Crippen LogP contribution in [0.3, 0.4) is 0 Å². The fourth-order valence-corrected chi connectivity index (χ4v) is 0.678. The Labute approximate surface area is 68.7 Å². The van der Waals surface area contributed by atoms with E-state index in [9.17, 15) is 4.79 Å². The molecule has 0 N–H and O–H groups in total. The van der Waals surface area contributed by atoms with Crippen molar-refractivity contribution < 1.29 is 4.79 Å². The molecule has 3 nitrogen and oxygen atoms in total. The van der Waals surface area contributed by atoms with Crippen LogP contribution < -0.4 is 0 Å². The molecule has 0 aliphatic carbocycles. The largest absolute Gasteiger partial charge is 0.276 e. The third-order valence-corrected chi connectivity index (χ3v) is 1.37. The van der Waals surface area contributed by atoms with Crippen molar-refractivity contribution in [2.75, 3.05) is 0 Å². The normalized spacial score (nSPS) is 9.18. The molecule has 11 heavy (non-hydrogen) atoms. The molecule has 0 unspecified atom stereocenters. The number of carbonyl (C=O) groups is 1. The van der Waals surface area contributed by atoms with E-state index in [0.717, 1.165) is 0 Å². The maximum absolute atomic E-state index is 10.6. The molecule has 0 saturated carbocycles. The predicted octanol–water partition coefficient (Wildman–Crippen LogP) is 1.26. The van der Waals surface area contributed by atoms with Gasteiger partial charge in [0.2, 0.25) is 0 Å². The molecule has 1 aromatic rings. The second-order valence-electron chi connectivity index (χ2n) is 1.88. The number of allylic oxidation sites excluding steroid dienone is 1. The molecule has 0 radical (unpaired) electrons. The van der Waals surface area contributed by atoms with Crippen molar-refractivity contribution in [1.82, 2.24) is 9.97 Å². The van der Waals surface area contributed by atoms with E-state index in [2.05, 4.69) is 16.5 Å². The molecule has 4 heteroatoms. The highest BCUT2D eigenvalue weighted by molar-refractivity contribution is 6.74. The van der Waals surface area contributed by atoms with Crippen LogP contribution in [0.25, 0.3) is 5.57 Å². The van der Waals surface area contributed by atoms with E-state index in [1.165, 1.54) is 18.7 Å². The highest BCUT2D eigenvalue weighted by Gasteiger charge is 2.05. The summed E-state index contributed by atoms with van der Waals surface area (Å²) in [6.07, 6.45) is 4.33. The Kier molecular flexibility index (Phi) is 2.33. The lowest BCUT2D eigenvalue weighted by molar-refractivity contribution is -0.106. The van der Waals surface area contributed by atoms with E-state index < -0.39 is 5.24 Å². The van der Waals surface area contributed by atoms with Crippen molar-refractivity contribution in [3.8, 4) is 0 Å². The van der Waals surface area contributed by atoms with Gasteiger partial charge in [-0.15, -0.1) is 0 Å². The quantitative estimate of drug-likeness (QED) is 0.493. The van der Waals surface area contributed by atoms with Crippen molar-refractivity contribution >= 4 is 22.4 Å². The summed E-state index contributed by atoms with van der Waals surface area (Å²) in [5, 5.41) is -0.584. The summed E-state index contributed by atoms with van der Waals surface area (Å²) in [5.74, 6) is 0. The number of halogens is 1. The maximum atomic E-state index is 10.6. The van der Waals surface area contributed by atoms with Crippen molar-refractivity contribution in [3.63, 3.8) is 0 Å². The van der Waals surface area contributed by atoms with Crippen LogP contribution in [0.15, 0.2) is 25.3 Å². The van der Waals surface area contributed by atoms with E-state index in [0.29, 0.717) is 5.56 Å². The third kappa shape index (κ3) is 1.85. The Balaban J connectivity index is 2.95. The zero-order valence-corrected chi connectivity index (χ0v) is 6.38. The van der Waals surface area contributed by atoms with Crippen molar-refractivity contribution in [2.24, 2.45) is 0 Å². The molecule has 0 spiro atoms. The van der Waals surface area contributed by atoms with Gasteiger partial charge >= 0.3 is 0 Å². The molecular weight excluding hydrogens is 164 g/mol. The first-order valence-electron chi connectivity index (χ1n) is 2.86. The van der Waals surface area contributed by atoms with E-state index in [4.69, 9.17) is 11.6 Å². The minimum Gasteiger partial charge on any atom is -0.276 e. The lowest BCUT2D eigenvalue weighted by atomic mass is 10.2. The third-order valence-electron chi connectivity index (χ3n) is 1.15. The molecule has 1 heterocycles. The lowest BCUT2D eigenvalue weighted by Crippen LogP contribution is -1.92. The molecule has 0 atom stereocenters. The Morgan fingerprint density at radius 3 is 2.45 bits per heavy atom. The number of carbonyl (C=O) groups excluding carboxylic acids is 1. The van der Waals surface area contributed by atoms with Crippen molar-refractivity contribution in [1.29, 1.82) is 0 Å². The van der Waals surface area contributed by atoms with Gasteiger partial charge in [0, 0.05) is 23.5 Å². The summed E-state index contributed by atoms with van der Waals surface area (Å²) in [5.41, 5.74) is 0.764.